The topological polar surface area (TPSA) is 66.4 Å². The van der Waals surface area contributed by atoms with Crippen LogP contribution in [0.25, 0.3) is 10.8 Å². The summed E-state index contributed by atoms with van der Waals surface area (Å²) in [7, 11) is -3.61. The summed E-state index contributed by atoms with van der Waals surface area (Å²) in [5.74, 6) is 0.113. The molecule has 2 aromatic carbocycles. The Morgan fingerprint density at radius 2 is 1.76 bits per heavy atom. The molecule has 5 heteroatoms. The van der Waals surface area contributed by atoms with E-state index in [1.807, 2.05) is 38.1 Å². The third kappa shape index (κ3) is 3.61. The number of nitrogens with one attached hydrogen (secondary N) is 1. The minimum Gasteiger partial charge on any atom is -0.396 e. The van der Waals surface area contributed by atoms with Crippen LogP contribution < -0.4 is 4.72 Å². The molecule has 0 spiro atoms. The van der Waals surface area contributed by atoms with E-state index < -0.39 is 10.0 Å². The lowest BCUT2D eigenvalue weighted by atomic mass is 10.0. The minimum atomic E-state index is -3.61. The molecule has 4 nitrogen and oxygen atoms in total. The van der Waals surface area contributed by atoms with E-state index in [-0.39, 0.29) is 23.5 Å². The maximum atomic E-state index is 12.6. The molecule has 0 heterocycles. The third-order valence-electron chi connectivity index (χ3n) is 3.59. The average Bonchev–Trinajstić information content (AvgIpc) is 2.46. The van der Waals surface area contributed by atoms with Gasteiger partial charge in [-0.3, -0.25) is 0 Å². The molecule has 0 bridgehead atoms. The first kappa shape index (κ1) is 15.9. The molecule has 0 fully saturated rings. The zero-order chi connectivity index (χ0) is 15.5. The quantitative estimate of drug-likeness (QED) is 0.862. The van der Waals surface area contributed by atoms with Crippen molar-refractivity contribution in [2.24, 2.45) is 5.92 Å². The predicted molar refractivity (Wildman–Crippen MR) is 84.6 cm³/mol. The van der Waals surface area contributed by atoms with Crippen LogP contribution in [0.2, 0.25) is 0 Å². The molecule has 2 N–H and O–H groups in total. The first-order valence-corrected chi connectivity index (χ1v) is 8.55. The molecular formula is C16H21NO3S. The average molecular weight is 307 g/mol. The summed E-state index contributed by atoms with van der Waals surface area (Å²) in [5.41, 5.74) is 0. The van der Waals surface area contributed by atoms with Crippen LogP contribution in [0.5, 0.6) is 0 Å². The Bertz CT molecular complexity index is 705. The summed E-state index contributed by atoms with van der Waals surface area (Å²) in [4.78, 5) is 0.282. The number of hydrogen-bond acceptors (Lipinski definition) is 3. The number of rotatable bonds is 6. The fraction of sp³-hybridized carbons (Fsp3) is 0.375. The minimum absolute atomic E-state index is 0.0408. The molecule has 1 atom stereocenters. The number of hydrogen-bond donors (Lipinski definition) is 2. The van der Waals surface area contributed by atoms with Crippen molar-refractivity contribution in [2.45, 2.75) is 31.2 Å². The first-order valence-electron chi connectivity index (χ1n) is 7.06. The van der Waals surface area contributed by atoms with Gasteiger partial charge in [0, 0.05) is 18.0 Å². The highest BCUT2D eigenvalue weighted by atomic mass is 32.2. The Morgan fingerprint density at radius 1 is 1.10 bits per heavy atom. The molecule has 0 saturated heterocycles. The molecule has 0 aromatic heterocycles. The van der Waals surface area contributed by atoms with Gasteiger partial charge < -0.3 is 5.11 Å². The molecule has 0 radical (unpaired) electrons. The largest absolute Gasteiger partial charge is 0.396 e. The Kier molecular flexibility index (Phi) is 4.98. The molecular weight excluding hydrogens is 286 g/mol. The summed E-state index contributed by atoms with van der Waals surface area (Å²) < 4.78 is 28.0. The van der Waals surface area contributed by atoms with Crippen molar-refractivity contribution in [1.82, 2.24) is 4.72 Å². The summed E-state index contributed by atoms with van der Waals surface area (Å²) in [5, 5.41) is 10.7. The smallest absolute Gasteiger partial charge is 0.241 e. The molecule has 21 heavy (non-hydrogen) atoms. The van der Waals surface area contributed by atoms with E-state index in [0.29, 0.717) is 11.8 Å². The van der Waals surface area contributed by atoms with Crippen molar-refractivity contribution in [1.29, 1.82) is 0 Å². The Balaban J connectivity index is 2.42. The molecule has 1 unspecified atom stereocenters. The molecule has 0 aliphatic heterocycles. The van der Waals surface area contributed by atoms with Gasteiger partial charge in [-0.25, -0.2) is 13.1 Å². The van der Waals surface area contributed by atoms with Gasteiger partial charge in [-0.2, -0.15) is 0 Å². The van der Waals surface area contributed by atoms with Crippen molar-refractivity contribution in [3.63, 3.8) is 0 Å². The lowest BCUT2D eigenvalue weighted by Gasteiger charge is -2.21. The second-order valence-electron chi connectivity index (χ2n) is 5.46. The van der Waals surface area contributed by atoms with Crippen LogP contribution in [0.1, 0.15) is 20.3 Å². The number of aliphatic hydroxyl groups excluding tert-OH is 1. The normalized spacial score (nSPS) is 13.7. The van der Waals surface area contributed by atoms with Gasteiger partial charge in [0.05, 0.1) is 4.90 Å². The number of benzene rings is 2. The number of fused-ring (bicyclic) bond motifs is 1. The first-order chi connectivity index (χ1) is 9.95. The van der Waals surface area contributed by atoms with E-state index in [9.17, 15) is 8.42 Å². The molecule has 0 aliphatic carbocycles. The highest BCUT2D eigenvalue weighted by Gasteiger charge is 2.23. The van der Waals surface area contributed by atoms with Gasteiger partial charge in [0.1, 0.15) is 0 Å². The van der Waals surface area contributed by atoms with Crippen LogP contribution in [0.4, 0.5) is 0 Å². The highest BCUT2D eigenvalue weighted by molar-refractivity contribution is 7.89. The van der Waals surface area contributed by atoms with Gasteiger partial charge in [0.25, 0.3) is 0 Å². The Hall–Kier alpha value is -1.43. The van der Waals surface area contributed by atoms with E-state index in [4.69, 9.17) is 5.11 Å². The molecule has 2 rings (SSSR count). The van der Waals surface area contributed by atoms with Gasteiger partial charge in [0.15, 0.2) is 0 Å². The zero-order valence-corrected chi connectivity index (χ0v) is 13.1. The maximum absolute atomic E-state index is 12.6. The summed E-state index contributed by atoms with van der Waals surface area (Å²) in [6.07, 6.45) is 0.404. The standard InChI is InChI=1S/C16H21NO3S/c1-12(2)15(10-11-18)17-21(19,20)16-9-5-7-13-6-3-4-8-14(13)16/h3-9,12,15,17-18H,10-11H2,1-2H3. The molecule has 114 valence electrons. The van der Waals surface area contributed by atoms with Gasteiger partial charge in [0.2, 0.25) is 10.0 Å². The van der Waals surface area contributed by atoms with Crippen molar-refractivity contribution in [2.75, 3.05) is 6.61 Å². The van der Waals surface area contributed by atoms with Gasteiger partial charge >= 0.3 is 0 Å². The van der Waals surface area contributed by atoms with Gasteiger partial charge in [-0.15, -0.1) is 0 Å². The van der Waals surface area contributed by atoms with E-state index in [1.165, 1.54) is 0 Å². The molecule has 0 aliphatic rings. The molecule has 0 amide bonds. The van der Waals surface area contributed by atoms with Crippen LogP contribution in [-0.4, -0.2) is 26.2 Å². The SMILES string of the molecule is CC(C)C(CCO)NS(=O)(=O)c1cccc2ccccc12. The van der Waals surface area contributed by atoms with Crippen molar-refractivity contribution in [3.8, 4) is 0 Å². The Morgan fingerprint density at radius 3 is 2.43 bits per heavy atom. The second kappa shape index (κ2) is 6.56. The summed E-state index contributed by atoms with van der Waals surface area (Å²) in [6.45, 7) is 3.83. The zero-order valence-electron chi connectivity index (χ0n) is 12.3. The lowest BCUT2D eigenvalue weighted by Crippen LogP contribution is -2.39. The monoisotopic (exact) mass is 307 g/mol. The maximum Gasteiger partial charge on any atom is 0.241 e. The lowest BCUT2D eigenvalue weighted by molar-refractivity contribution is 0.256. The fourth-order valence-electron chi connectivity index (χ4n) is 2.36. The van der Waals surface area contributed by atoms with Crippen molar-refractivity contribution >= 4 is 20.8 Å². The molecule has 0 saturated carbocycles. The van der Waals surface area contributed by atoms with Crippen LogP contribution >= 0.6 is 0 Å². The van der Waals surface area contributed by atoms with E-state index >= 15 is 0 Å². The molecule has 2 aromatic rings. The third-order valence-corrected chi connectivity index (χ3v) is 5.14. The van der Waals surface area contributed by atoms with Crippen LogP contribution in [-0.2, 0) is 10.0 Å². The van der Waals surface area contributed by atoms with E-state index in [0.717, 1.165) is 5.39 Å². The number of aliphatic hydroxyl groups is 1. The fourth-order valence-corrected chi connectivity index (χ4v) is 4.01. The van der Waals surface area contributed by atoms with E-state index in [1.54, 1.807) is 18.2 Å². The van der Waals surface area contributed by atoms with E-state index in [2.05, 4.69) is 4.72 Å². The van der Waals surface area contributed by atoms with Crippen molar-refractivity contribution in [3.05, 3.63) is 42.5 Å². The van der Waals surface area contributed by atoms with Crippen LogP contribution in [0, 0.1) is 5.92 Å². The second-order valence-corrected chi connectivity index (χ2v) is 7.14. The van der Waals surface area contributed by atoms with Gasteiger partial charge in [-0.1, -0.05) is 50.2 Å². The predicted octanol–water partition coefficient (Wildman–Crippen LogP) is 2.53. The van der Waals surface area contributed by atoms with Gasteiger partial charge in [-0.05, 0) is 23.8 Å². The van der Waals surface area contributed by atoms with Crippen LogP contribution in [0.3, 0.4) is 0 Å². The van der Waals surface area contributed by atoms with Crippen molar-refractivity contribution < 1.29 is 13.5 Å². The highest BCUT2D eigenvalue weighted by Crippen LogP contribution is 2.23. The van der Waals surface area contributed by atoms with Crippen LogP contribution in [0.15, 0.2) is 47.4 Å². The summed E-state index contributed by atoms with van der Waals surface area (Å²) in [6, 6.07) is 12.4. The summed E-state index contributed by atoms with van der Waals surface area (Å²) >= 11 is 0. The number of sulfonamides is 1. The Labute approximate surface area is 125 Å².